The number of nitrogens with zero attached hydrogens (tertiary/aromatic N) is 3. The number of pyridine rings is 2. The average Bonchev–Trinajstić information content (AvgIpc) is 3.06. The molecule has 1 aliphatic heterocycles. The number of amides is 1. The molecule has 6 heteroatoms. The molecule has 27 heavy (non-hydrogen) atoms. The van der Waals surface area contributed by atoms with E-state index < -0.39 is 0 Å². The maximum atomic E-state index is 12.5. The van der Waals surface area contributed by atoms with E-state index in [2.05, 4.69) is 26.3 Å². The van der Waals surface area contributed by atoms with Crippen LogP contribution in [0.25, 0.3) is 0 Å². The minimum absolute atomic E-state index is 0.263. The summed E-state index contributed by atoms with van der Waals surface area (Å²) < 4.78 is 0. The van der Waals surface area contributed by atoms with Crippen molar-refractivity contribution < 1.29 is 4.79 Å². The number of hydrogen-bond donors (Lipinski definition) is 1. The first kappa shape index (κ1) is 17.4. The molecule has 0 aliphatic carbocycles. The zero-order chi connectivity index (χ0) is 19.0. The standard InChI is InChI=1S/C21H17ClN4O/c1-12-5-6-23-19(8-12)21(27)25-15-3-4-17(22)16(10-15)18-9-14-7-13(2)11-24-20(14)26-18/h3-8,10-11H,9H2,1-2H3,(H,25,27). The molecule has 4 rings (SSSR count). The largest absolute Gasteiger partial charge is 0.321 e. The molecule has 0 saturated heterocycles. The summed E-state index contributed by atoms with van der Waals surface area (Å²) in [6.45, 7) is 3.93. The van der Waals surface area contributed by atoms with Crippen LogP contribution in [-0.4, -0.2) is 21.6 Å². The maximum Gasteiger partial charge on any atom is 0.274 e. The zero-order valence-corrected chi connectivity index (χ0v) is 15.7. The van der Waals surface area contributed by atoms with E-state index in [0.29, 0.717) is 22.8 Å². The summed E-state index contributed by atoms with van der Waals surface area (Å²) in [6.07, 6.45) is 4.09. The van der Waals surface area contributed by atoms with Crippen LogP contribution in [-0.2, 0) is 6.42 Å². The lowest BCUT2D eigenvalue weighted by Crippen LogP contribution is -2.14. The molecule has 3 heterocycles. The quantitative estimate of drug-likeness (QED) is 0.721. The summed E-state index contributed by atoms with van der Waals surface area (Å²) in [6, 6.07) is 11.1. The third-order valence-electron chi connectivity index (χ3n) is 4.36. The van der Waals surface area contributed by atoms with Crippen LogP contribution in [0, 0.1) is 13.8 Å². The Hall–Kier alpha value is -3.05. The van der Waals surface area contributed by atoms with E-state index >= 15 is 0 Å². The van der Waals surface area contributed by atoms with Crippen molar-refractivity contribution in [1.82, 2.24) is 9.97 Å². The van der Waals surface area contributed by atoms with Gasteiger partial charge in [0.05, 0.1) is 5.71 Å². The van der Waals surface area contributed by atoms with Gasteiger partial charge in [0, 0.05) is 40.7 Å². The average molecular weight is 377 g/mol. The molecule has 0 spiro atoms. The third kappa shape index (κ3) is 3.59. The molecule has 0 unspecified atom stereocenters. The first-order valence-corrected chi connectivity index (χ1v) is 8.94. The third-order valence-corrected chi connectivity index (χ3v) is 4.69. The van der Waals surface area contributed by atoms with Crippen molar-refractivity contribution in [3.8, 4) is 0 Å². The fourth-order valence-electron chi connectivity index (χ4n) is 3.04. The highest BCUT2D eigenvalue weighted by atomic mass is 35.5. The highest BCUT2D eigenvalue weighted by Crippen LogP contribution is 2.31. The second-order valence-corrected chi connectivity index (χ2v) is 7.01. The number of rotatable bonds is 3. The Labute approximate surface area is 162 Å². The van der Waals surface area contributed by atoms with Crippen LogP contribution in [0.5, 0.6) is 0 Å². The Morgan fingerprint density at radius 2 is 1.93 bits per heavy atom. The molecule has 0 radical (unpaired) electrons. The molecular formula is C21H17ClN4O. The maximum absolute atomic E-state index is 12.5. The number of halogens is 1. The molecule has 3 aromatic rings. The normalized spacial score (nSPS) is 12.5. The van der Waals surface area contributed by atoms with Gasteiger partial charge < -0.3 is 5.32 Å². The molecule has 1 N–H and O–H groups in total. The van der Waals surface area contributed by atoms with Crippen LogP contribution >= 0.6 is 11.6 Å². The topological polar surface area (TPSA) is 67.2 Å². The Bertz CT molecular complexity index is 1090. The Balaban J connectivity index is 1.60. The first-order chi connectivity index (χ1) is 13.0. The number of nitrogens with one attached hydrogen (secondary N) is 1. The van der Waals surface area contributed by atoms with Crippen LogP contribution in [0.3, 0.4) is 0 Å². The Morgan fingerprint density at radius 1 is 1.07 bits per heavy atom. The van der Waals surface area contributed by atoms with Gasteiger partial charge in [-0.2, -0.15) is 0 Å². The van der Waals surface area contributed by atoms with E-state index in [4.69, 9.17) is 11.6 Å². The van der Waals surface area contributed by atoms with Crippen molar-refractivity contribution in [2.75, 3.05) is 5.32 Å². The smallest absolute Gasteiger partial charge is 0.274 e. The summed E-state index contributed by atoms with van der Waals surface area (Å²) >= 11 is 6.40. The molecule has 1 aromatic carbocycles. The lowest BCUT2D eigenvalue weighted by Gasteiger charge is -2.09. The van der Waals surface area contributed by atoms with Gasteiger partial charge in [0.25, 0.3) is 5.91 Å². The van der Waals surface area contributed by atoms with Crippen molar-refractivity contribution in [2.45, 2.75) is 20.3 Å². The fourth-order valence-corrected chi connectivity index (χ4v) is 3.26. The number of fused-ring (bicyclic) bond motifs is 1. The van der Waals surface area contributed by atoms with Crippen LogP contribution in [0.15, 0.2) is 53.8 Å². The summed E-state index contributed by atoms with van der Waals surface area (Å²) in [5.41, 5.74) is 5.82. The lowest BCUT2D eigenvalue weighted by atomic mass is 10.0. The molecule has 2 aromatic heterocycles. The van der Waals surface area contributed by atoms with E-state index in [1.165, 1.54) is 0 Å². The molecule has 1 aliphatic rings. The first-order valence-electron chi connectivity index (χ1n) is 8.56. The molecule has 0 saturated carbocycles. The van der Waals surface area contributed by atoms with E-state index in [0.717, 1.165) is 33.8 Å². The number of anilines is 1. The highest BCUT2D eigenvalue weighted by Gasteiger charge is 2.20. The van der Waals surface area contributed by atoms with Gasteiger partial charge in [-0.15, -0.1) is 0 Å². The van der Waals surface area contributed by atoms with Crippen LogP contribution in [0.2, 0.25) is 5.02 Å². The van der Waals surface area contributed by atoms with Crippen molar-refractivity contribution in [1.29, 1.82) is 0 Å². The Kier molecular flexibility index (Phi) is 4.46. The zero-order valence-electron chi connectivity index (χ0n) is 15.0. The lowest BCUT2D eigenvalue weighted by molar-refractivity contribution is 0.102. The highest BCUT2D eigenvalue weighted by molar-refractivity contribution is 6.34. The van der Waals surface area contributed by atoms with Gasteiger partial charge in [-0.25, -0.2) is 9.98 Å². The van der Waals surface area contributed by atoms with Gasteiger partial charge in [-0.1, -0.05) is 17.7 Å². The summed E-state index contributed by atoms with van der Waals surface area (Å²) in [7, 11) is 0. The Morgan fingerprint density at radius 3 is 2.74 bits per heavy atom. The van der Waals surface area contributed by atoms with Crippen molar-refractivity contribution in [2.24, 2.45) is 4.99 Å². The molecular weight excluding hydrogens is 360 g/mol. The minimum Gasteiger partial charge on any atom is -0.321 e. The van der Waals surface area contributed by atoms with Crippen molar-refractivity contribution in [3.05, 3.63) is 81.8 Å². The predicted octanol–water partition coefficient (Wildman–Crippen LogP) is 4.68. The number of aliphatic imine (C=N–C) groups is 1. The van der Waals surface area contributed by atoms with Gasteiger partial charge >= 0.3 is 0 Å². The van der Waals surface area contributed by atoms with Crippen molar-refractivity contribution >= 4 is 34.7 Å². The number of aryl methyl sites for hydroxylation is 2. The minimum atomic E-state index is -0.263. The van der Waals surface area contributed by atoms with E-state index in [1.807, 2.05) is 26.0 Å². The SMILES string of the molecule is Cc1ccnc(C(=O)Nc2ccc(Cl)c(C3=Nc4ncc(C)cc4C3)c2)c1. The fraction of sp³-hybridized carbons (Fsp3) is 0.143. The number of carbonyl (C=O) groups excluding carboxylic acids is 1. The molecule has 134 valence electrons. The number of aromatic nitrogens is 2. The van der Waals surface area contributed by atoms with Gasteiger partial charge in [0.1, 0.15) is 5.69 Å². The van der Waals surface area contributed by atoms with E-state index in [9.17, 15) is 4.79 Å². The summed E-state index contributed by atoms with van der Waals surface area (Å²) in [5, 5.41) is 3.46. The monoisotopic (exact) mass is 376 g/mol. The van der Waals surface area contributed by atoms with Crippen molar-refractivity contribution in [3.63, 3.8) is 0 Å². The molecule has 0 atom stereocenters. The van der Waals surface area contributed by atoms with E-state index in [-0.39, 0.29) is 5.91 Å². The molecule has 5 nitrogen and oxygen atoms in total. The number of benzene rings is 1. The van der Waals surface area contributed by atoms with Gasteiger partial charge in [-0.05, 0) is 55.3 Å². The second-order valence-electron chi connectivity index (χ2n) is 6.60. The van der Waals surface area contributed by atoms with Gasteiger partial charge in [0.2, 0.25) is 0 Å². The van der Waals surface area contributed by atoms with Gasteiger partial charge in [-0.3, -0.25) is 9.78 Å². The van der Waals surface area contributed by atoms with E-state index in [1.54, 1.807) is 30.6 Å². The molecule has 0 bridgehead atoms. The van der Waals surface area contributed by atoms with Crippen LogP contribution < -0.4 is 5.32 Å². The summed E-state index contributed by atoms with van der Waals surface area (Å²) in [4.78, 5) is 25.6. The second kappa shape index (κ2) is 6.93. The van der Waals surface area contributed by atoms with Gasteiger partial charge in [0.15, 0.2) is 5.82 Å². The van der Waals surface area contributed by atoms with Crippen LogP contribution in [0.4, 0.5) is 11.5 Å². The molecule has 0 fully saturated rings. The predicted molar refractivity (Wildman–Crippen MR) is 107 cm³/mol. The number of carbonyl (C=O) groups is 1. The van der Waals surface area contributed by atoms with Crippen LogP contribution in [0.1, 0.15) is 32.7 Å². The summed E-state index contributed by atoms with van der Waals surface area (Å²) in [5.74, 6) is 0.464. The molecule has 1 amide bonds. The number of hydrogen-bond acceptors (Lipinski definition) is 4.